The smallest absolute Gasteiger partial charge is 0.227 e. The van der Waals surface area contributed by atoms with Gasteiger partial charge in [-0.05, 0) is 37.1 Å². The summed E-state index contributed by atoms with van der Waals surface area (Å²) in [4.78, 5) is 14.8. The molecule has 3 rings (SSSR count). The lowest BCUT2D eigenvalue weighted by atomic mass is 9.95. The van der Waals surface area contributed by atoms with Crippen LogP contribution in [0.2, 0.25) is 10.0 Å². The fourth-order valence-electron chi connectivity index (χ4n) is 2.87. The lowest BCUT2D eigenvalue weighted by molar-refractivity contribution is -0.120. The number of halogens is 2. The molecule has 1 saturated heterocycles. The van der Waals surface area contributed by atoms with Gasteiger partial charge in [0.05, 0.1) is 15.7 Å². The topological polar surface area (TPSA) is 32.3 Å². The normalized spacial score (nSPS) is 15.5. The molecule has 0 spiro atoms. The summed E-state index contributed by atoms with van der Waals surface area (Å²) in [5.74, 6) is 0.0203. The van der Waals surface area contributed by atoms with E-state index in [1.165, 1.54) is 5.69 Å². The van der Waals surface area contributed by atoms with E-state index in [4.69, 9.17) is 23.2 Å². The molecule has 1 heterocycles. The van der Waals surface area contributed by atoms with Crippen LogP contribution in [0.5, 0.6) is 0 Å². The van der Waals surface area contributed by atoms with Crippen LogP contribution < -0.4 is 10.2 Å². The van der Waals surface area contributed by atoms with Gasteiger partial charge in [-0.3, -0.25) is 4.79 Å². The molecule has 3 nitrogen and oxygen atoms in total. The van der Waals surface area contributed by atoms with E-state index in [0.717, 1.165) is 25.9 Å². The molecule has 0 bridgehead atoms. The number of carbonyl (C=O) groups is 1. The van der Waals surface area contributed by atoms with Gasteiger partial charge in [-0.1, -0.05) is 47.5 Å². The van der Waals surface area contributed by atoms with Crippen LogP contribution in [0, 0.1) is 5.92 Å². The molecule has 0 aromatic heterocycles. The van der Waals surface area contributed by atoms with Crippen molar-refractivity contribution in [2.75, 3.05) is 23.3 Å². The molecule has 0 saturated carbocycles. The highest BCUT2D eigenvalue weighted by molar-refractivity contribution is 6.44. The predicted octanol–water partition coefficient (Wildman–Crippen LogP) is 4.85. The van der Waals surface area contributed by atoms with Crippen molar-refractivity contribution < 1.29 is 4.79 Å². The third-order valence-corrected chi connectivity index (χ3v) is 5.02. The molecular formula is C18H18Cl2N2O. The molecule has 23 heavy (non-hydrogen) atoms. The van der Waals surface area contributed by atoms with Crippen LogP contribution >= 0.6 is 23.2 Å². The van der Waals surface area contributed by atoms with Crippen molar-refractivity contribution in [3.63, 3.8) is 0 Å². The van der Waals surface area contributed by atoms with E-state index in [-0.39, 0.29) is 11.8 Å². The second-order valence-electron chi connectivity index (χ2n) is 5.69. The summed E-state index contributed by atoms with van der Waals surface area (Å²) in [6.07, 6.45) is 1.66. The maximum atomic E-state index is 12.4. The average Bonchev–Trinajstić information content (AvgIpc) is 2.60. The van der Waals surface area contributed by atoms with Gasteiger partial charge in [0.15, 0.2) is 0 Å². The van der Waals surface area contributed by atoms with Crippen molar-refractivity contribution in [2.24, 2.45) is 5.92 Å². The lowest BCUT2D eigenvalue weighted by Gasteiger charge is -2.33. The highest BCUT2D eigenvalue weighted by Crippen LogP contribution is 2.31. The highest BCUT2D eigenvalue weighted by atomic mass is 35.5. The Morgan fingerprint density at radius 2 is 1.70 bits per heavy atom. The van der Waals surface area contributed by atoms with Crippen LogP contribution in [0.15, 0.2) is 48.5 Å². The number of carbonyl (C=O) groups excluding carboxylic acids is 1. The third kappa shape index (κ3) is 3.80. The summed E-state index contributed by atoms with van der Waals surface area (Å²) in [7, 11) is 0. The van der Waals surface area contributed by atoms with E-state index in [9.17, 15) is 4.79 Å². The van der Waals surface area contributed by atoms with E-state index < -0.39 is 0 Å². The summed E-state index contributed by atoms with van der Waals surface area (Å²) in [5.41, 5.74) is 1.79. The van der Waals surface area contributed by atoms with Crippen LogP contribution in [0.4, 0.5) is 11.4 Å². The summed E-state index contributed by atoms with van der Waals surface area (Å²) < 4.78 is 0. The Morgan fingerprint density at radius 3 is 2.39 bits per heavy atom. The zero-order chi connectivity index (χ0) is 16.2. The highest BCUT2D eigenvalue weighted by Gasteiger charge is 2.25. The number of hydrogen-bond donors (Lipinski definition) is 1. The first-order valence-electron chi connectivity index (χ1n) is 7.70. The van der Waals surface area contributed by atoms with Gasteiger partial charge in [-0.2, -0.15) is 0 Å². The van der Waals surface area contributed by atoms with Gasteiger partial charge in [-0.25, -0.2) is 0 Å². The Kier molecular flexibility index (Phi) is 5.09. The minimum Gasteiger partial charge on any atom is -0.371 e. The Labute approximate surface area is 146 Å². The largest absolute Gasteiger partial charge is 0.371 e. The molecule has 2 aromatic carbocycles. The monoisotopic (exact) mass is 348 g/mol. The number of nitrogens with one attached hydrogen (secondary N) is 1. The number of piperidine rings is 1. The molecule has 1 amide bonds. The first-order chi connectivity index (χ1) is 11.1. The van der Waals surface area contributed by atoms with Gasteiger partial charge in [-0.15, -0.1) is 0 Å². The van der Waals surface area contributed by atoms with E-state index >= 15 is 0 Å². The van der Waals surface area contributed by atoms with E-state index in [0.29, 0.717) is 15.7 Å². The molecule has 0 radical (unpaired) electrons. The summed E-state index contributed by atoms with van der Waals surface area (Å²) in [6, 6.07) is 15.5. The number of hydrogen-bond acceptors (Lipinski definition) is 2. The fraction of sp³-hybridized carbons (Fsp3) is 0.278. The zero-order valence-electron chi connectivity index (χ0n) is 12.6. The number of rotatable bonds is 3. The number of amides is 1. The van der Waals surface area contributed by atoms with Crippen molar-refractivity contribution in [2.45, 2.75) is 12.8 Å². The van der Waals surface area contributed by atoms with Crippen molar-refractivity contribution in [3.05, 3.63) is 58.6 Å². The Bertz CT molecular complexity index is 683. The molecule has 0 aliphatic carbocycles. The summed E-state index contributed by atoms with van der Waals surface area (Å²) in [5, 5.41) is 3.74. The van der Waals surface area contributed by atoms with Crippen LogP contribution in [0.25, 0.3) is 0 Å². The van der Waals surface area contributed by atoms with Gasteiger partial charge in [0.1, 0.15) is 0 Å². The maximum absolute atomic E-state index is 12.4. The zero-order valence-corrected chi connectivity index (χ0v) is 14.1. The van der Waals surface area contributed by atoms with Gasteiger partial charge in [0.25, 0.3) is 0 Å². The van der Waals surface area contributed by atoms with Crippen molar-refractivity contribution in [1.82, 2.24) is 0 Å². The van der Waals surface area contributed by atoms with E-state index in [1.807, 2.05) is 18.2 Å². The second kappa shape index (κ2) is 7.24. The van der Waals surface area contributed by atoms with Gasteiger partial charge in [0.2, 0.25) is 5.91 Å². The molecule has 0 atom stereocenters. The maximum Gasteiger partial charge on any atom is 0.227 e. The minimum absolute atomic E-state index is 0.00464. The van der Waals surface area contributed by atoms with Crippen molar-refractivity contribution >= 4 is 40.5 Å². The number of benzene rings is 2. The van der Waals surface area contributed by atoms with Gasteiger partial charge in [0, 0.05) is 24.7 Å². The molecular weight excluding hydrogens is 331 g/mol. The fourth-order valence-corrected chi connectivity index (χ4v) is 3.22. The Balaban J connectivity index is 1.59. The Hall–Kier alpha value is -1.71. The molecule has 120 valence electrons. The molecule has 2 aromatic rings. The molecule has 1 aliphatic rings. The lowest BCUT2D eigenvalue weighted by Crippen LogP contribution is -2.38. The first kappa shape index (κ1) is 16.2. The molecule has 1 aliphatic heterocycles. The van der Waals surface area contributed by atoms with E-state index in [2.05, 4.69) is 22.3 Å². The van der Waals surface area contributed by atoms with E-state index in [1.54, 1.807) is 18.2 Å². The molecule has 1 fully saturated rings. The van der Waals surface area contributed by atoms with Crippen LogP contribution in [0.1, 0.15) is 12.8 Å². The quantitative estimate of drug-likeness (QED) is 0.859. The summed E-state index contributed by atoms with van der Waals surface area (Å²) >= 11 is 12.1. The standard InChI is InChI=1S/C18H18Cl2N2O/c19-15-7-4-8-16(17(15)20)21-18(23)13-9-11-22(12-10-13)14-5-2-1-3-6-14/h1-8,13H,9-12H2,(H,21,23). The number of nitrogens with zero attached hydrogens (tertiary/aromatic N) is 1. The van der Waals surface area contributed by atoms with Gasteiger partial charge >= 0.3 is 0 Å². The first-order valence-corrected chi connectivity index (χ1v) is 8.45. The summed E-state index contributed by atoms with van der Waals surface area (Å²) in [6.45, 7) is 1.76. The van der Waals surface area contributed by atoms with Crippen LogP contribution in [-0.4, -0.2) is 19.0 Å². The number of anilines is 2. The molecule has 1 N–H and O–H groups in total. The Morgan fingerprint density at radius 1 is 1.00 bits per heavy atom. The van der Waals surface area contributed by atoms with Crippen LogP contribution in [0.3, 0.4) is 0 Å². The van der Waals surface area contributed by atoms with Crippen LogP contribution in [-0.2, 0) is 4.79 Å². The SMILES string of the molecule is O=C(Nc1cccc(Cl)c1Cl)C1CCN(c2ccccc2)CC1. The second-order valence-corrected chi connectivity index (χ2v) is 6.47. The van der Waals surface area contributed by atoms with Crippen molar-refractivity contribution in [1.29, 1.82) is 0 Å². The predicted molar refractivity (Wildman–Crippen MR) is 96.5 cm³/mol. The third-order valence-electron chi connectivity index (χ3n) is 4.20. The van der Waals surface area contributed by atoms with Crippen molar-refractivity contribution in [3.8, 4) is 0 Å². The molecule has 5 heteroatoms. The minimum atomic E-state index is 0.00464. The van der Waals surface area contributed by atoms with Gasteiger partial charge < -0.3 is 10.2 Å². The number of para-hydroxylation sites is 1. The molecule has 0 unspecified atom stereocenters. The average molecular weight is 349 g/mol.